The number of rotatable bonds is 5. The van der Waals surface area contributed by atoms with Crippen molar-refractivity contribution < 1.29 is 19.1 Å². The number of carboxylic acids is 1. The summed E-state index contributed by atoms with van der Waals surface area (Å²) in [5.41, 5.74) is 0.387. The van der Waals surface area contributed by atoms with Crippen molar-refractivity contribution in [1.29, 1.82) is 0 Å². The number of carboxylic acid groups (broad SMARTS) is 1. The molecule has 1 aromatic carbocycles. The number of anilines is 1. The zero-order chi connectivity index (χ0) is 14.4. The van der Waals surface area contributed by atoms with E-state index < -0.39 is 17.8 Å². The van der Waals surface area contributed by atoms with Crippen LogP contribution in [0.1, 0.15) is 13.3 Å². The van der Waals surface area contributed by atoms with Crippen LogP contribution in [0.3, 0.4) is 0 Å². The Bertz CT molecular complexity index is 482. The van der Waals surface area contributed by atoms with Crippen LogP contribution in [0.2, 0.25) is 0 Å². The standard InChI is InChI=1S/C12H14BrFN2O3/c1-2-5-16(7-11(17)18)12(19)15-10-4-3-8(14)6-9(10)13/h3-4,6H,2,5,7H2,1H3,(H,15,19)(H,17,18). The van der Waals surface area contributed by atoms with Crippen LogP contribution >= 0.6 is 15.9 Å². The van der Waals surface area contributed by atoms with Gasteiger partial charge in [-0.15, -0.1) is 0 Å². The molecule has 0 saturated heterocycles. The molecule has 2 amide bonds. The first-order valence-electron chi connectivity index (χ1n) is 5.66. The second-order valence-electron chi connectivity index (χ2n) is 3.87. The number of hydrogen-bond acceptors (Lipinski definition) is 2. The Morgan fingerprint density at radius 1 is 1.47 bits per heavy atom. The maximum Gasteiger partial charge on any atom is 0.323 e. The highest BCUT2D eigenvalue weighted by Crippen LogP contribution is 2.23. The highest BCUT2D eigenvalue weighted by molar-refractivity contribution is 9.10. The van der Waals surface area contributed by atoms with E-state index in [0.29, 0.717) is 23.1 Å². The molecule has 19 heavy (non-hydrogen) atoms. The van der Waals surface area contributed by atoms with Crippen molar-refractivity contribution in [2.75, 3.05) is 18.4 Å². The van der Waals surface area contributed by atoms with Gasteiger partial charge in [0.1, 0.15) is 12.4 Å². The largest absolute Gasteiger partial charge is 0.480 e. The van der Waals surface area contributed by atoms with Crippen LogP contribution < -0.4 is 5.32 Å². The minimum absolute atomic E-state index is 0.330. The summed E-state index contributed by atoms with van der Waals surface area (Å²) in [5.74, 6) is -1.51. The van der Waals surface area contributed by atoms with Crippen molar-refractivity contribution >= 4 is 33.6 Å². The molecule has 0 unspecified atom stereocenters. The molecule has 0 atom stereocenters. The lowest BCUT2D eigenvalue weighted by molar-refractivity contribution is -0.137. The minimum Gasteiger partial charge on any atom is -0.480 e. The SMILES string of the molecule is CCCN(CC(=O)O)C(=O)Nc1ccc(F)cc1Br. The van der Waals surface area contributed by atoms with E-state index in [-0.39, 0.29) is 6.54 Å². The molecular formula is C12H14BrFN2O3. The van der Waals surface area contributed by atoms with Crippen LogP contribution in [0.5, 0.6) is 0 Å². The molecule has 0 aromatic heterocycles. The van der Waals surface area contributed by atoms with Crippen LogP contribution in [0.4, 0.5) is 14.9 Å². The number of carbonyl (C=O) groups excluding carboxylic acids is 1. The average Bonchev–Trinajstić information content (AvgIpc) is 2.31. The second kappa shape index (κ2) is 7.08. The van der Waals surface area contributed by atoms with Gasteiger partial charge in [-0.1, -0.05) is 6.92 Å². The van der Waals surface area contributed by atoms with E-state index >= 15 is 0 Å². The first kappa shape index (κ1) is 15.4. The highest BCUT2D eigenvalue weighted by Gasteiger charge is 2.16. The fourth-order valence-corrected chi connectivity index (χ4v) is 1.92. The van der Waals surface area contributed by atoms with Crippen molar-refractivity contribution in [3.8, 4) is 0 Å². The van der Waals surface area contributed by atoms with Gasteiger partial charge in [-0.2, -0.15) is 0 Å². The maximum atomic E-state index is 12.9. The van der Waals surface area contributed by atoms with E-state index in [4.69, 9.17) is 5.11 Å². The maximum absolute atomic E-state index is 12.9. The number of halogens is 2. The van der Waals surface area contributed by atoms with Gasteiger partial charge in [-0.05, 0) is 40.5 Å². The Balaban J connectivity index is 2.77. The second-order valence-corrected chi connectivity index (χ2v) is 4.72. The number of benzene rings is 1. The molecule has 0 spiro atoms. The number of carbonyl (C=O) groups is 2. The molecule has 1 rings (SSSR count). The summed E-state index contributed by atoms with van der Waals surface area (Å²) in [7, 11) is 0. The number of urea groups is 1. The molecule has 0 saturated carbocycles. The molecule has 0 aliphatic rings. The zero-order valence-electron chi connectivity index (χ0n) is 10.3. The van der Waals surface area contributed by atoms with E-state index in [0.717, 1.165) is 0 Å². The molecule has 0 radical (unpaired) electrons. The van der Waals surface area contributed by atoms with Gasteiger partial charge in [0.25, 0.3) is 0 Å². The molecule has 104 valence electrons. The molecule has 2 N–H and O–H groups in total. The van der Waals surface area contributed by atoms with E-state index in [1.807, 2.05) is 6.92 Å². The number of amides is 2. The molecule has 0 aliphatic heterocycles. The Kier molecular flexibility index (Phi) is 5.75. The van der Waals surface area contributed by atoms with Crippen molar-refractivity contribution in [2.24, 2.45) is 0 Å². The Hall–Kier alpha value is -1.63. The van der Waals surface area contributed by atoms with Gasteiger partial charge in [-0.3, -0.25) is 4.79 Å². The van der Waals surface area contributed by atoms with Crippen molar-refractivity contribution in [1.82, 2.24) is 4.90 Å². The fourth-order valence-electron chi connectivity index (χ4n) is 1.47. The van der Waals surface area contributed by atoms with Gasteiger partial charge >= 0.3 is 12.0 Å². The van der Waals surface area contributed by atoms with Gasteiger partial charge in [0.05, 0.1) is 5.69 Å². The predicted octanol–water partition coefficient (Wildman–Crippen LogP) is 2.92. The molecule has 5 nitrogen and oxygen atoms in total. The van der Waals surface area contributed by atoms with Gasteiger partial charge in [0, 0.05) is 11.0 Å². The lowest BCUT2D eigenvalue weighted by Gasteiger charge is -2.20. The third kappa shape index (κ3) is 4.86. The van der Waals surface area contributed by atoms with E-state index in [9.17, 15) is 14.0 Å². The van der Waals surface area contributed by atoms with Crippen LogP contribution in [0, 0.1) is 5.82 Å². The summed E-state index contributed by atoms with van der Waals surface area (Å²) >= 11 is 3.13. The first-order valence-corrected chi connectivity index (χ1v) is 6.46. The summed E-state index contributed by atoms with van der Waals surface area (Å²) in [5, 5.41) is 11.3. The molecule has 0 aliphatic carbocycles. The van der Waals surface area contributed by atoms with Gasteiger partial charge in [0.15, 0.2) is 0 Å². The van der Waals surface area contributed by atoms with Crippen LogP contribution in [-0.4, -0.2) is 35.1 Å². The summed E-state index contributed by atoms with van der Waals surface area (Å²) in [4.78, 5) is 23.8. The van der Waals surface area contributed by atoms with E-state index in [1.165, 1.54) is 23.1 Å². The van der Waals surface area contributed by atoms with Gasteiger partial charge in [0.2, 0.25) is 0 Å². The Morgan fingerprint density at radius 3 is 2.68 bits per heavy atom. The van der Waals surface area contributed by atoms with Gasteiger partial charge < -0.3 is 15.3 Å². The summed E-state index contributed by atoms with van der Waals surface area (Å²) in [6.45, 7) is 1.80. The molecule has 7 heteroatoms. The number of aliphatic carboxylic acids is 1. The Labute approximate surface area is 118 Å². The average molecular weight is 333 g/mol. The van der Waals surface area contributed by atoms with Crippen LogP contribution in [-0.2, 0) is 4.79 Å². The van der Waals surface area contributed by atoms with Crippen molar-refractivity contribution in [3.63, 3.8) is 0 Å². The quantitative estimate of drug-likeness (QED) is 0.870. The van der Waals surface area contributed by atoms with Crippen molar-refractivity contribution in [2.45, 2.75) is 13.3 Å². The van der Waals surface area contributed by atoms with Crippen LogP contribution in [0.15, 0.2) is 22.7 Å². The monoisotopic (exact) mass is 332 g/mol. The molecular weight excluding hydrogens is 319 g/mol. The third-order valence-electron chi connectivity index (χ3n) is 2.28. The minimum atomic E-state index is -1.08. The topological polar surface area (TPSA) is 69.6 Å². The molecule has 0 fully saturated rings. The first-order chi connectivity index (χ1) is 8.93. The molecule has 0 bridgehead atoms. The zero-order valence-corrected chi connectivity index (χ0v) is 11.9. The normalized spacial score (nSPS) is 10.1. The van der Waals surface area contributed by atoms with Crippen LogP contribution in [0.25, 0.3) is 0 Å². The van der Waals surface area contributed by atoms with E-state index in [2.05, 4.69) is 21.2 Å². The third-order valence-corrected chi connectivity index (χ3v) is 2.94. The highest BCUT2D eigenvalue weighted by atomic mass is 79.9. The predicted molar refractivity (Wildman–Crippen MR) is 72.6 cm³/mol. The van der Waals surface area contributed by atoms with Gasteiger partial charge in [-0.25, -0.2) is 9.18 Å². The molecule has 1 aromatic rings. The summed E-state index contributed by atoms with van der Waals surface area (Å²) < 4.78 is 13.3. The lowest BCUT2D eigenvalue weighted by Crippen LogP contribution is -2.39. The number of nitrogens with one attached hydrogen (secondary N) is 1. The summed E-state index contributed by atoms with van der Waals surface area (Å²) in [6.07, 6.45) is 0.644. The lowest BCUT2D eigenvalue weighted by atomic mass is 10.3. The smallest absolute Gasteiger partial charge is 0.323 e. The van der Waals surface area contributed by atoms with Crippen molar-refractivity contribution in [3.05, 3.63) is 28.5 Å². The number of hydrogen-bond donors (Lipinski definition) is 2. The van der Waals surface area contributed by atoms with E-state index in [1.54, 1.807) is 0 Å². The summed E-state index contributed by atoms with van der Waals surface area (Å²) in [6, 6.07) is 3.30. The Morgan fingerprint density at radius 2 is 2.16 bits per heavy atom. The number of nitrogens with zero attached hydrogens (tertiary/aromatic N) is 1. The molecule has 0 heterocycles. The fraction of sp³-hybridized carbons (Fsp3) is 0.333.